The molecular formula is C17H21NO4. The van der Waals surface area contributed by atoms with Crippen LogP contribution in [0.2, 0.25) is 0 Å². The molecule has 0 bridgehead atoms. The number of esters is 1. The summed E-state index contributed by atoms with van der Waals surface area (Å²) < 4.78 is 10.4. The van der Waals surface area contributed by atoms with Gasteiger partial charge in [0, 0.05) is 0 Å². The van der Waals surface area contributed by atoms with E-state index in [0.717, 1.165) is 12.8 Å². The number of carbonyl (C=O) groups is 2. The third-order valence-electron chi connectivity index (χ3n) is 3.63. The maximum Gasteiger partial charge on any atom is 0.310 e. The van der Waals surface area contributed by atoms with Crippen LogP contribution in [-0.2, 0) is 14.3 Å². The highest BCUT2D eigenvalue weighted by Gasteiger charge is 2.25. The minimum Gasteiger partial charge on any atom is -0.495 e. The van der Waals surface area contributed by atoms with Crippen molar-refractivity contribution in [2.45, 2.75) is 32.3 Å². The van der Waals surface area contributed by atoms with E-state index >= 15 is 0 Å². The number of hydrogen-bond acceptors (Lipinski definition) is 4. The molecule has 2 rings (SSSR count). The number of allylic oxidation sites excluding steroid dienone is 2. The van der Waals surface area contributed by atoms with Crippen molar-refractivity contribution in [3.05, 3.63) is 36.4 Å². The molecule has 1 N–H and O–H groups in total. The second-order valence-electron chi connectivity index (χ2n) is 5.25. The van der Waals surface area contributed by atoms with Gasteiger partial charge in [-0.15, -0.1) is 0 Å². The van der Waals surface area contributed by atoms with Crippen LogP contribution in [0.1, 0.15) is 26.2 Å². The van der Waals surface area contributed by atoms with Gasteiger partial charge in [0.2, 0.25) is 0 Å². The summed E-state index contributed by atoms with van der Waals surface area (Å²) in [7, 11) is 1.53. The van der Waals surface area contributed by atoms with Crippen molar-refractivity contribution in [2.75, 3.05) is 12.4 Å². The lowest BCUT2D eigenvalue weighted by Crippen LogP contribution is -2.32. The summed E-state index contributed by atoms with van der Waals surface area (Å²) in [5.74, 6) is -0.269. The van der Waals surface area contributed by atoms with Gasteiger partial charge in [0.1, 0.15) is 5.75 Å². The van der Waals surface area contributed by atoms with Gasteiger partial charge < -0.3 is 14.8 Å². The van der Waals surface area contributed by atoms with Gasteiger partial charge in [0.05, 0.1) is 18.7 Å². The number of benzene rings is 1. The third kappa shape index (κ3) is 4.10. The monoisotopic (exact) mass is 303 g/mol. The molecule has 0 spiro atoms. The molecule has 1 aliphatic rings. The zero-order valence-corrected chi connectivity index (χ0v) is 12.9. The van der Waals surface area contributed by atoms with E-state index in [1.54, 1.807) is 25.1 Å². The normalized spacial score (nSPS) is 18.4. The van der Waals surface area contributed by atoms with E-state index in [1.807, 2.05) is 12.1 Å². The predicted molar refractivity (Wildman–Crippen MR) is 83.7 cm³/mol. The summed E-state index contributed by atoms with van der Waals surface area (Å²) in [5.41, 5.74) is 0.554. The van der Waals surface area contributed by atoms with Gasteiger partial charge in [-0.05, 0) is 38.3 Å². The Morgan fingerprint density at radius 3 is 2.73 bits per heavy atom. The topological polar surface area (TPSA) is 64.6 Å². The molecule has 0 saturated heterocycles. The van der Waals surface area contributed by atoms with E-state index < -0.39 is 6.10 Å². The fraction of sp³-hybridized carbons (Fsp3) is 0.412. The van der Waals surface area contributed by atoms with Crippen LogP contribution in [0.5, 0.6) is 5.75 Å². The number of amides is 1. The van der Waals surface area contributed by atoms with E-state index in [-0.39, 0.29) is 17.8 Å². The van der Waals surface area contributed by atoms with Crippen LogP contribution in [0, 0.1) is 5.92 Å². The lowest BCUT2D eigenvalue weighted by Gasteiger charge is -2.20. The highest BCUT2D eigenvalue weighted by atomic mass is 16.5. The maximum absolute atomic E-state index is 12.1. The molecule has 0 heterocycles. The molecule has 2 atom stereocenters. The smallest absolute Gasteiger partial charge is 0.310 e. The van der Waals surface area contributed by atoms with Gasteiger partial charge in [-0.1, -0.05) is 24.3 Å². The predicted octanol–water partition coefficient (Wildman–Crippen LogP) is 2.92. The van der Waals surface area contributed by atoms with Gasteiger partial charge >= 0.3 is 5.97 Å². The van der Waals surface area contributed by atoms with Crippen molar-refractivity contribution in [2.24, 2.45) is 5.92 Å². The molecule has 0 saturated carbocycles. The molecule has 1 aromatic rings. The Kier molecular flexibility index (Phi) is 5.58. The summed E-state index contributed by atoms with van der Waals surface area (Å²) in [5, 5.41) is 2.71. The Hall–Kier alpha value is -2.30. The molecule has 118 valence electrons. The summed E-state index contributed by atoms with van der Waals surface area (Å²) in [6, 6.07) is 7.09. The summed E-state index contributed by atoms with van der Waals surface area (Å²) in [4.78, 5) is 24.2. The average Bonchev–Trinajstić information content (AvgIpc) is 2.56. The largest absolute Gasteiger partial charge is 0.495 e. The number of hydrogen-bond donors (Lipinski definition) is 1. The second kappa shape index (κ2) is 7.64. The molecule has 0 aromatic heterocycles. The third-order valence-corrected chi connectivity index (χ3v) is 3.63. The molecule has 5 heteroatoms. The van der Waals surface area contributed by atoms with Crippen molar-refractivity contribution < 1.29 is 19.1 Å². The molecule has 22 heavy (non-hydrogen) atoms. The molecule has 5 nitrogen and oxygen atoms in total. The minimum atomic E-state index is -0.844. The Labute approximate surface area is 130 Å². The van der Waals surface area contributed by atoms with Gasteiger partial charge in [0.15, 0.2) is 6.10 Å². The van der Waals surface area contributed by atoms with Crippen LogP contribution < -0.4 is 10.1 Å². The zero-order chi connectivity index (χ0) is 15.9. The van der Waals surface area contributed by atoms with Crippen molar-refractivity contribution in [3.63, 3.8) is 0 Å². The number of rotatable bonds is 5. The molecule has 1 aliphatic carbocycles. The van der Waals surface area contributed by atoms with Gasteiger partial charge in [-0.3, -0.25) is 9.59 Å². The first kappa shape index (κ1) is 16.1. The Balaban J connectivity index is 1.91. The van der Waals surface area contributed by atoms with Crippen molar-refractivity contribution in [1.82, 2.24) is 0 Å². The van der Waals surface area contributed by atoms with Gasteiger partial charge in [0.25, 0.3) is 5.91 Å². The van der Waals surface area contributed by atoms with Crippen LogP contribution in [-0.4, -0.2) is 25.1 Å². The highest BCUT2D eigenvalue weighted by molar-refractivity contribution is 5.96. The summed E-state index contributed by atoms with van der Waals surface area (Å²) in [6.45, 7) is 1.57. The zero-order valence-electron chi connectivity index (χ0n) is 12.9. The maximum atomic E-state index is 12.1. The molecule has 1 aromatic carbocycles. The molecule has 1 amide bonds. The van der Waals surface area contributed by atoms with Crippen molar-refractivity contribution in [3.8, 4) is 5.75 Å². The second-order valence-corrected chi connectivity index (χ2v) is 5.25. The van der Waals surface area contributed by atoms with E-state index in [1.165, 1.54) is 7.11 Å². The quantitative estimate of drug-likeness (QED) is 0.671. The molecule has 0 radical (unpaired) electrons. The van der Waals surface area contributed by atoms with Crippen LogP contribution in [0.4, 0.5) is 5.69 Å². The molecule has 0 aliphatic heterocycles. The number of ether oxygens (including phenoxy) is 2. The number of carbonyl (C=O) groups excluding carboxylic acids is 2. The SMILES string of the molecule is COc1ccccc1NC(=O)[C@H](C)OC(=O)[C@H]1CC=CCC1. The summed E-state index contributed by atoms with van der Waals surface area (Å²) in [6.07, 6.45) is 5.52. The average molecular weight is 303 g/mol. The fourth-order valence-corrected chi connectivity index (χ4v) is 2.31. The number of para-hydroxylation sites is 2. The van der Waals surface area contributed by atoms with Crippen molar-refractivity contribution in [1.29, 1.82) is 0 Å². The fourth-order valence-electron chi connectivity index (χ4n) is 2.31. The van der Waals surface area contributed by atoms with Crippen LogP contribution >= 0.6 is 0 Å². The Bertz CT molecular complexity index is 568. The number of anilines is 1. The summed E-state index contributed by atoms with van der Waals surface area (Å²) >= 11 is 0. The first-order valence-electron chi connectivity index (χ1n) is 7.41. The first-order valence-corrected chi connectivity index (χ1v) is 7.41. The number of methoxy groups -OCH3 is 1. The van der Waals surface area contributed by atoms with E-state index in [4.69, 9.17) is 9.47 Å². The lowest BCUT2D eigenvalue weighted by atomic mass is 9.95. The van der Waals surface area contributed by atoms with E-state index in [2.05, 4.69) is 11.4 Å². The van der Waals surface area contributed by atoms with Crippen LogP contribution in [0.25, 0.3) is 0 Å². The van der Waals surface area contributed by atoms with E-state index in [9.17, 15) is 9.59 Å². The standard InChI is InChI=1S/C17H21NO4/c1-12(22-17(20)13-8-4-3-5-9-13)16(19)18-14-10-6-7-11-15(14)21-2/h3-4,6-7,10-13H,5,8-9H2,1-2H3,(H,18,19)/t12-,13-/m0/s1. The first-order chi connectivity index (χ1) is 10.6. The Morgan fingerprint density at radius 1 is 1.27 bits per heavy atom. The Morgan fingerprint density at radius 2 is 2.05 bits per heavy atom. The van der Waals surface area contributed by atoms with Gasteiger partial charge in [-0.25, -0.2) is 0 Å². The molecule has 0 unspecified atom stereocenters. The molecular weight excluding hydrogens is 282 g/mol. The lowest BCUT2D eigenvalue weighted by molar-refractivity contribution is -0.157. The van der Waals surface area contributed by atoms with Crippen LogP contribution in [0.3, 0.4) is 0 Å². The van der Waals surface area contributed by atoms with Crippen molar-refractivity contribution >= 4 is 17.6 Å². The van der Waals surface area contributed by atoms with E-state index in [0.29, 0.717) is 17.9 Å². The van der Waals surface area contributed by atoms with Crippen LogP contribution in [0.15, 0.2) is 36.4 Å². The molecule has 0 fully saturated rings. The highest BCUT2D eigenvalue weighted by Crippen LogP contribution is 2.24. The minimum absolute atomic E-state index is 0.147. The number of nitrogens with one attached hydrogen (secondary N) is 1. The van der Waals surface area contributed by atoms with Gasteiger partial charge in [-0.2, -0.15) is 0 Å².